The van der Waals surface area contributed by atoms with Gasteiger partial charge in [0.15, 0.2) is 5.15 Å². The van der Waals surface area contributed by atoms with Crippen LogP contribution in [-0.4, -0.2) is 4.37 Å². The fourth-order valence-corrected chi connectivity index (χ4v) is 2.18. The molecule has 0 radical (unpaired) electrons. The van der Waals surface area contributed by atoms with Gasteiger partial charge in [0.1, 0.15) is 0 Å². The van der Waals surface area contributed by atoms with Gasteiger partial charge in [-0.05, 0) is 17.6 Å². The van der Waals surface area contributed by atoms with E-state index in [1.54, 1.807) is 0 Å². The summed E-state index contributed by atoms with van der Waals surface area (Å²) in [5.41, 5.74) is 0. The van der Waals surface area contributed by atoms with Gasteiger partial charge < -0.3 is 0 Å². The van der Waals surface area contributed by atoms with Gasteiger partial charge in [-0.2, -0.15) is 4.37 Å². The first-order chi connectivity index (χ1) is 5.29. The van der Waals surface area contributed by atoms with E-state index in [9.17, 15) is 0 Å². The molecule has 0 saturated heterocycles. The molecule has 56 valence electrons. The van der Waals surface area contributed by atoms with Gasteiger partial charge in [-0.3, -0.25) is 0 Å². The van der Waals surface area contributed by atoms with Gasteiger partial charge >= 0.3 is 0 Å². The van der Waals surface area contributed by atoms with Crippen LogP contribution in [-0.2, 0) is 0 Å². The van der Waals surface area contributed by atoms with Crippen molar-refractivity contribution in [1.29, 1.82) is 0 Å². The summed E-state index contributed by atoms with van der Waals surface area (Å²) < 4.78 is 4.94. The molecule has 1 nitrogen and oxygen atoms in total. The monoisotopic (exact) mass is 203 g/mol. The molecule has 0 saturated carbocycles. The Labute approximate surface area is 77.7 Å². The number of nitrogens with zero attached hydrogens (tertiary/aromatic N) is 1. The lowest BCUT2D eigenvalue weighted by Gasteiger charge is -1.89. The lowest BCUT2D eigenvalue weighted by Crippen LogP contribution is -1.64. The second-order valence-electron chi connectivity index (χ2n) is 2.09. The average molecular weight is 204 g/mol. The first-order valence-corrected chi connectivity index (χ1v) is 4.51. The second-order valence-corrected chi connectivity index (χ2v) is 3.63. The number of aromatic nitrogens is 1. The van der Waals surface area contributed by atoms with Gasteiger partial charge in [0.2, 0.25) is 0 Å². The minimum atomic E-state index is 0.535. The van der Waals surface area contributed by atoms with Crippen molar-refractivity contribution >= 4 is 44.8 Å². The highest BCUT2D eigenvalue weighted by molar-refractivity contribution is 7.14. The smallest absolute Gasteiger partial charge is 0.150 e. The van der Waals surface area contributed by atoms with Crippen molar-refractivity contribution in [2.24, 2.45) is 0 Å². The van der Waals surface area contributed by atoms with E-state index in [0.29, 0.717) is 10.2 Å². The molecule has 1 aromatic carbocycles. The summed E-state index contributed by atoms with van der Waals surface area (Å²) in [7, 11) is 0. The van der Waals surface area contributed by atoms with Crippen LogP contribution in [0.3, 0.4) is 0 Å². The largest absolute Gasteiger partial charge is 0.180 e. The zero-order valence-electron chi connectivity index (χ0n) is 5.34. The Kier molecular flexibility index (Phi) is 1.75. The van der Waals surface area contributed by atoms with Gasteiger partial charge in [-0.25, -0.2) is 0 Å². The molecule has 0 fully saturated rings. The van der Waals surface area contributed by atoms with E-state index >= 15 is 0 Å². The van der Waals surface area contributed by atoms with Crippen molar-refractivity contribution in [3.63, 3.8) is 0 Å². The van der Waals surface area contributed by atoms with Gasteiger partial charge in [-0.15, -0.1) is 0 Å². The quantitative estimate of drug-likeness (QED) is 0.638. The summed E-state index contributed by atoms with van der Waals surface area (Å²) >= 11 is 13.0. The maximum absolute atomic E-state index is 5.88. The number of rotatable bonds is 0. The molecular formula is C7H3Cl2NS. The highest BCUT2D eigenvalue weighted by Crippen LogP contribution is 2.31. The van der Waals surface area contributed by atoms with Crippen LogP contribution in [0.1, 0.15) is 0 Å². The van der Waals surface area contributed by atoms with E-state index in [4.69, 9.17) is 23.2 Å². The summed E-state index contributed by atoms with van der Waals surface area (Å²) in [5.74, 6) is 0. The summed E-state index contributed by atoms with van der Waals surface area (Å²) in [6.45, 7) is 0. The SMILES string of the molecule is Clc1nsc2c(Cl)cccc12. The van der Waals surface area contributed by atoms with Crippen molar-refractivity contribution in [3.05, 3.63) is 28.4 Å². The van der Waals surface area contributed by atoms with E-state index in [-0.39, 0.29) is 0 Å². The molecule has 0 aliphatic rings. The molecule has 0 N–H and O–H groups in total. The lowest BCUT2D eigenvalue weighted by atomic mass is 10.3. The van der Waals surface area contributed by atoms with Crippen molar-refractivity contribution in [2.75, 3.05) is 0 Å². The number of hydrogen-bond acceptors (Lipinski definition) is 2. The second kappa shape index (κ2) is 2.63. The highest BCUT2D eigenvalue weighted by atomic mass is 35.5. The maximum Gasteiger partial charge on any atom is 0.150 e. The Morgan fingerprint density at radius 2 is 2.09 bits per heavy atom. The Morgan fingerprint density at radius 1 is 1.27 bits per heavy atom. The first-order valence-electron chi connectivity index (χ1n) is 2.98. The number of halogens is 2. The number of fused-ring (bicyclic) bond motifs is 1. The van der Waals surface area contributed by atoms with E-state index in [2.05, 4.69) is 4.37 Å². The van der Waals surface area contributed by atoms with Crippen molar-refractivity contribution in [3.8, 4) is 0 Å². The lowest BCUT2D eigenvalue weighted by molar-refractivity contribution is 1.60. The Hall–Kier alpha value is -0.310. The summed E-state index contributed by atoms with van der Waals surface area (Å²) in [6.07, 6.45) is 0. The molecular weight excluding hydrogens is 201 g/mol. The maximum atomic E-state index is 5.88. The van der Waals surface area contributed by atoms with Crippen LogP contribution in [0.2, 0.25) is 10.2 Å². The number of hydrogen-bond donors (Lipinski definition) is 0. The molecule has 2 rings (SSSR count). The topological polar surface area (TPSA) is 12.9 Å². The van der Waals surface area contributed by atoms with Crippen molar-refractivity contribution in [2.45, 2.75) is 0 Å². The van der Waals surface area contributed by atoms with E-state index in [1.807, 2.05) is 18.2 Å². The third kappa shape index (κ3) is 1.11. The zero-order valence-corrected chi connectivity index (χ0v) is 7.67. The molecule has 0 atom stereocenters. The number of benzene rings is 1. The predicted molar refractivity (Wildman–Crippen MR) is 49.6 cm³/mol. The third-order valence-electron chi connectivity index (χ3n) is 1.41. The van der Waals surface area contributed by atoms with Crippen LogP contribution in [0, 0.1) is 0 Å². The van der Waals surface area contributed by atoms with Gasteiger partial charge in [0.25, 0.3) is 0 Å². The minimum Gasteiger partial charge on any atom is -0.180 e. The molecule has 11 heavy (non-hydrogen) atoms. The van der Waals surface area contributed by atoms with Crippen LogP contribution in [0.5, 0.6) is 0 Å². The molecule has 0 bridgehead atoms. The van der Waals surface area contributed by atoms with E-state index < -0.39 is 0 Å². The normalized spacial score (nSPS) is 10.7. The van der Waals surface area contributed by atoms with Gasteiger partial charge in [0.05, 0.1) is 9.72 Å². The molecule has 0 unspecified atom stereocenters. The molecule has 1 heterocycles. The molecule has 4 heteroatoms. The minimum absolute atomic E-state index is 0.535. The Balaban J connectivity index is 2.94. The predicted octanol–water partition coefficient (Wildman–Crippen LogP) is 3.60. The van der Waals surface area contributed by atoms with Crippen LogP contribution < -0.4 is 0 Å². The van der Waals surface area contributed by atoms with Gasteiger partial charge in [-0.1, -0.05) is 35.3 Å². The third-order valence-corrected chi connectivity index (χ3v) is 3.12. The van der Waals surface area contributed by atoms with E-state index in [1.165, 1.54) is 11.5 Å². The zero-order chi connectivity index (χ0) is 7.84. The van der Waals surface area contributed by atoms with Gasteiger partial charge in [0, 0.05) is 5.39 Å². The summed E-state index contributed by atoms with van der Waals surface area (Å²) in [6, 6.07) is 5.61. The molecule has 0 amide bonds. The Bertz CT molecular complexity index is 396. The first kappa shape index (κ1) is 7.35. The van der Waals surface area contributed by atoms with E-state index in [0.717, 1.165) is 10.1 Å². The molecule has 0 spiro atoms. The Morgan fingerprint density at radius 3 is 2.82 bits per heavy atom. The molecule has 0 aliphatic heterocycles. The van der Waals surface area contributed by atoms with Crippen LogP contribution in [0.4, 0.5) is 0 Å². The summed E-state index contributed by atoms with van der Waals surface area (Å²) in [5, 5.41) is 2.18. The van der Waals surface area contributed by atoms with Crippen LogP contribution in [0.15, 0.2) is 18.2 Å². The fraction of sp³-hybridized carbons (Fsp3) is 0. The highest BCUT2D eigenvalue weighted by Gasteiger charge is 2.04. The van der Waals surface area contributed by atoms with Crippen molar-refractivity contribution in [1.82, 2.24) is 4.37 Å². The molecule has 2 aromatic rings. The standard InChI is InChI=1S/C7H3Cl2NS/c8-5-3-1-2-4-6(5)11-10-7(4)9/h1-3H. The summed E-state index contributed by atoms with van der Waals surface area (Å²) in [4.78, 5) is 0. The molecule has 1 aromatic heterocycles. The average Bonchev–Trinajstić information content (AvgIpc) is 2.35. The van der Waals surface area contributed by atoms with Crippen LogP contribution in [0.25, 0.3) is 10.1 Å². The van der Waals surface area contributed by atoms with Crippen LogP contribution >= 0.6 is 34.7 Å². The molecule has 0 aliphatic carbocycles. The van der Waals surface area contributed by atoms with Crippen molar-refractivity contribution < 1.29 is 0 Å². The fourth-order valence-electron chi connectivity index (χ4n) is 0.899.